The zero-order valence-electron chi connectivity index (χ0n) is 9.13. The molecule has 16 heavy (non-hydrogen) atoms. The molecule has 2 nitrogen and oxygen atoms in total. The lowest BCUT2D eigenvalue weighted by atomic mass is 10.3. The van der Waals surface area contributed by atoms with E-state index in [9.17, 15) is 0 Å². The normalized spacial score (nSPS) is 10.9. The average Bonchev–Trinajstić information content (AvgIpc) is 2.87. The zero-order chi connectivity index (χ0) is 11.4. The molecule has 86 valence electrons. The molecule has 2 rings (SSSR count). The lowest BCUT2D eigenvalue weighted by molar-refractivity contribution is 0.494. The number of furan rings is 1. The van der Waals surface area contributed by atoms with Crippen molar-refractivity contribution in [3.8, 4) is 10.6 Å². The molecule has 0 aliphatic carbocycles. The molecule has 0 amide bonds. The molecule has 0 spiro atoms. The molecule has 0 saturated heterocycles. The SMILES string of the molecule is CCCNCc1ccc(-c2sccc2Br)o1. The summed E-state index contributed by atoms with van der Waals surface area (Å²) in [5.41, 5.74) is 0. The monoisotopic (exact) mass is 299 g/mol. The molecule has 0 aliphatic rings. The van der Waals surface area contributed by atoms with Crippen molar-refractivity contribution in [2.45, 2.75) is 19.9 Å². The molecule has 2 heterocycles. The van der Waals surface area contributed by atoms with Gasteiger partial charge in [-0.1, -0.05) is 6.92 Å². The van der Waals surface area contributed by atoms with Crippen molar-refractivity contribution in [3.05, 3.63) is 33.8 Å². The van der Waals surface area contributed by atoms with E-state index in [0.717, 1.165) is 40.4 Å². The van der Waals surface area contributed by atoms with E-state index in [1.807, 2.05) is 18.2 Å². The second-order valence-electron chi connectivity index (χ2n) is 3.54. The van der Waals surface area contributed by atoms with E-state index in [4.69, 9.17) is 4.42 Å². The van der Waals surface area contributed by atoms with Gasteiger partial charge in [0.15, 0.2) is 0 Å². The summed E-state index contributed by atoms with van der Waals surface area (Å²) in [5.74, 6) is 1.93. The van der Waals surface area contributed by atoms with Crippen molar-refractivity contribution in [2.24, 2.45) is 0 Å². The van der Waals surface area contributed by atoms with E-state index >= 15 is 0 Å². The Labute approximate surface area is 108 Å². The maximum Gasteiger partial charge on any atom is 0.145 e. The van der Waals surface area contributed by atoms with Crippen molar-refractivity contribution in [3.63, 3.8) is 0 Å². The van der Waals surface area contributed by atoms with Crippen LogP contribution in [0.2, 0.25) is 0 Å². The molecule has 0 atom stereocenters. The van der Waals surface area contributed by atoms with Gasteiger partial charge in [0.25, 0.3) is 0 Å². The molecule has 2 aromatic rings. The predicted molar refractivity (Wildman–Crippen MR) is 71.7 cm³/mol. The topological polar surface area (TPSA) is 25.2 Å². The van der Waals surface area contributed by atoms with Crippen LogP contribution in [-0.2, 0) is 6.54 Å². The largest absolute Gasteiger partial charge is 0.459 e. The second kappa shape index (κ2) is 5.66. The standard InChI is InChI=1S/C12H14BrNOS/c1-2-6-14-8-9-3-4-11(15-9)12-10(13)5-7-16-12/h3-5,7,14H,2,6,8H2,1H3. The van der Waals surface area contributed by atoms with Gasteiger partial charge in [-0.3, -0.25) is 0 Å². The maximum atomic E-state index is 5.77. The number of thiophene rings is 1. The highest BCUT2D eigenvalue weighted by atomic mass is 79.9. The van der Waals surface area contributed by atoms with Crippen LogP contribution in [0.25, 0.3) is 10.6 Å². The van der Waals surface area contributed by atoms with E-state index in [1.165, 1.54) is 0 Å². The first-order chi connectivity index (χ1) is 7.81. The Balaban J connectivity index is 2.05. The fourth-order valence-corrected chi connectivity index (χ4v) is 2.98. The van der Waals surface area contributed by atoms with Crippen LogP contribution in [-0.4, -0.2) is 6.54 Å². The van der Waals surface area contributed by atoms with Gasteiger partial charge < -0.3 is 9.73 Å². The molecule has 0 fully saturated rings. The zero-order valence-corrected chi connectivity index (χ0v) is 11.5. The van der Waals surface area contributed by atoms with Crippen LogP contribution in [0.5, 0.6) is 0 Å². The van der Waals surface area contributed by atoms with Gasteiger partial charge in [0.05, 0.1) is 11.4 Å². The van der Waals surface area contributed by atoms with Crippen LogP contribution < -0.4 is 5.32 Å². The average molecular weight is 300 g/mol. The van der Waals surface area contributed by atoms with E-state index in [-0.39, 0.29) is 0 Å². The van der Waals surface area contributed by atoms with E-state index in [2.05, 4.69) is 33.6 Å². The minimum absolute atomic E-state index is 0.802. The third kappa shape index (κ3) is 2.75. The van der Waals surface area contributed by atoms with Gasteiger partial charge in [-0.15, -0.1) is 11.3 Å². The highest BCUT2D eigenvalue weighted by Crippen LogP contribution is 2.34. The molecule has 0 saturated carbocycles. The van der Waals surface area contributed by atoms with Crippen LogP contribution in [0.15, 0.2) is 32.5 Å². The van der Waals surface area contributed by atoms with Gasteiger partial charge in [0.2, 0.25) is 0 Å². The summed E-state index contributed by atoms with van der Waals surface area (Å²) in [6, 6.07) is 6.10. The molecule has 0 radical (unpaired) electrons. The molecule has 0 bridgehead atoms. The van der Waals surface area contributed by atoms with Gasteiger partial charge >= 0.3 is 0 Å². The van der Waals surface area contributed by atoms with Crippen molar-refractivity contribution in [1.29, 1.82) is 0 Å². The third-order valence-electron chi connectivity index (χ3n) is 2.23. The number of nitrogens with one attached hydrogen (secondary N) is 1. The van der Waals surface area contributed by atoms with Crippen LogP contribution in [0.4, 0.5) is 0 Å². The van der Waals surface area contributed by atoms with Crippen molar-refractivity contribution in [1.82, 2.24) is 5.32 Å². The fourth-order valence-electron chi connectivity index (χ4n) is 1.45. The highest BCUT2D eigenvalue weighted by Gasteiger charge is 2.09. The van der Waals surface area contributed by atoms with Gasteiger partial charge in [0.1, 0.15) is 11.5 Å². The molecule has 1 N–H and O–H groups in total. The number of hydrogen-bond donors (Lipinski definition) is 1. The van der Waals surface area contributed by atoms with Gasteiger partial charge in [0, 0.05) is 4.47 Å². The van der Waals surface area contributed by atoms with Gasteiger partial charge in [-0.25, -0.2) is 0 Å². The van der Waals surface area contributed by atoms with Crippen LogP contribution in [0.3, 0.4) is 0 Å². The minimum atomic E-state index is 0.802. The Morgan fingerprint density at radius 2 is 2.25 bits per heavy atom. The first kappa shape index (κ1) is 11.9. The Morgan fingerprint density at radius 3 is 2.94 bits per heavy atom. The molecule has 2 aromatic heterocycles. The Kier molecular flexibility index (Phi) is 4.21. The first-order valence-electron chi connectivity index (χ1n) is 5.34. The van der Waals surface area contributed by atoms with E-state index in [1.54, 1.807) is 11.3 Å². The van der Waals surface area contributed by atoms with Gasteiger partial charge in [-0.2, -0.15) is 0 Å². The summed E-state index contributed by atoms with van der Waals surface area (Å²) in [4.78, 5) is 1.15. The second-order valence-corrected chi connectivity index (χ2v) is 5.31. The molecular formula is C12H14BrNOS. The van der Waals surface area contributed by atoms with Crippen LogP contribution >= 0.6 is 27.3 Å². The molecule has 0 aromatic carbocycles. The van der Waals surface area contributed by atoms with Crippen molar-refractivity contribution in [2.75, 3.05) is 6.54 Å². The Morgan fingerprint density at radius 1 is 1.38 bits per heavy atom. The first-order valence-corrected chi connectivity index (χ1v) is 7.01. The number of rotatable bonds is 5. The third-order valence-corrected chi connectivity index (χ3v) is 4.08. The molecule has 0 unspecified atom stereocenters. The van der Waals surface area contributed by atoms with E-state index in [0.29, 0.717) is 0 Å². The van der Waals surface area contributed by atoms with Crippen molar-refractivity contribution >= 4 is 27.3 Å². The summed E-state index contributed by atoms with van der Waals surface area (Å²) in [6.07, 6.45) is 1.14. The highest BCUT2D eigenvalue weighted by molar-refractivity contribution is 9.10. The minimum Gasteiger partial charge on any atom is -0.459 e. The summed E-state index contributed by atoms with van der Waals surface area (Å²) in [7, 11) is 0. The predicted octanol–water partition coefficient (Wildman–Crippen LogP) is 4.27. The molecular weight excluding hydrogens is 286 g/mol. The van der Waals surface area contributed by atoms with Crippen molar-refractivity contribution < 1.29 is 4.42 Å². The fraction of sp³-hybridized carbons (Fsp3) is 0.333. The Hall–Kier alpha value is -0.580. The van der Waals surface area contributed by atoms with Gasteiger partial charge in [-0.05, 0) is 52.5 Å². The van der Waals surface area contributed by atoms with E-state index < -0.39 is 0 Å². The lowest BCUT2D eigenvalue weighted by Gasteiger charge is -1.99. The molecule has 0 aliphatic heterocycles. The summed E-state index contributed by atoms with van der Waals surface area (Å²) in [6.45, 7) is 3.99. The molecule has 4 heteroatoms. The lowest BCUT2D eigenvalue weighted by Crippen LogP contribution is -2.12. The summed E-state index contributed by atoms with van der Waals surface area (Å²) >= 11 is 5.19. The number of hydrogen-bond acceptors (Lipinski definition) is 3. The van der Waals surface area contributed by atoms with Crippen LogP contribution in [0.1, 0.15) is 19.1 Å². The quantitative estimate of drug-likeness (QED) is 0.834. The summed E-state index contributed by atoms with van der Waals surface area (Å²) in [5, 5.41) is 5.38. The Bertz CT molecular complexity index is 449. The smallest absolute Gasteiger partial charge is 0.145 e. The maximum absolute atomic E-state index is 5.77. The summed E-state index contributed by atoms with van der Waals surface area (Å²) < 4.78 is 6.87. The van der Waals surface area contributed by atoms with Crippen LogP contribution in [0, 0.1) is 0 Å². The number of halogens is 1.